The molecule has 0 unspecified atom stereocenters. The highest BCUT2D eigenvalue weighted by Gasteiger charge is 2.31. The lowest BCUT2D eigenvalue weighted by molar-refractivity contribution is -0.163. The Morgan fingerprint density at radius 2 is 1.67 bits per heavy atom. The monoisotopic (exact) mass is 384 g/mol. The maximum absolute atomic E-state index is 14.2. The minimum Gasteiger partial charge on any atom is -0.462 e. The van der Waals surface area contributed by atoms with E-state index in [0.717, 1.165) is 6.07 Å². The van der Waals surface area contributed by atoms with Crippen LogP contribution in [0.2, 0.25) is 0 Å². The van der Waals surface area contributed by atoms with Gasteiger partial charge in [0.25, 0.3) is 0 Å². The van der Waals surface area contributed by atoms with Crippen LogP contribution in [0.4, 0.5) is 8.78 Å². The van der Waals surface area contributed by atoms with E-state index >= 15 is 0 Å². The molecule has 0 amide bonds. The zero-order chi connectivity index (χ0) is 20.9. The van der Waals surface area contributed by atoms with Gasteiger partial charge < -0.3 is 9.47 Å². The highest BCUT2D eigenvalue weighted by Crippen LogP contribution is 2.32. The number of benzene rings is 1. The van der Waals surface area contributed by atoms with E-state index in [1.807, 2.05) is 13.8 Å². The molecule has 0 heterocycles. The Bertz CT molecular complexity index is 665. The second kappa shape index (κ2) is 9.29. The summed E-state index contributed by atoms with van der Waals surface area (Å²) in [5, 5.41) is 0. The SMILES string of the molecule is CC(C)[C@@H](c1ccc(F)cc1F)[C@H](C)OC(=O)[C@H](C)CC(=O)OC(C)(C)C. The molecular formula is C21H30F2O4. The smallest absolute Gasteiger partial charge is 0.309 e. The van der Waals surface area contributed by atoms with E-state index < -0.39 is 47.1 Å². The van der Waals surface area contributed by atoms with Gasteiger partial charge in [-0.15, -0.1) is 0 Å². The molecule has 3 atom stereocenters. The molecule has 27 heavy (non-hydrogen) atoms. The fourth-order valence-corrected chi connectivity index (χ4v) is 3.02. The molecule has 1 aromatic rings. The van der Waals surface area contributed by atoms with Crippen LogP contribution in [0.1, 0.15) is 66.4 Å². The summed E-state index contributed by atoms with van der Waals surface area (Å²) in [5.41, 5.74) is -0.330. The van der Waals surface area contributed by atoms with Crippen LogP contribution in [-0.2, 0) is 19.1 Å². The highest BCUT2D eigenvalue weighted by atomic mass is 19.1. The standard InChI is InChI=1S/C21H30F2O4/c1-12(2)19(16-9-8-15(22)11-17(16)23)14(4)26-20(25)13(3)10-18(24)27-21(5,6)7/h8-9,11-14,19H,10H2,1-7H3/t13-,14+,19-/m1/s1. The van der Waals surface area contributed by atoms with Crippen molar-refractivity contribution in [1.82, 2.24) is 0 Å². The molecule has 0 aromatic heterocycles. The predicted octanol–water partition coefficient (Wildman–Crippen LogP) is 5.00. The topological polar surface area (TPSA) is 52.6 Å². The molecule has 0 aliphatic rings. The average molecular weight is 384 g/mol. The number of carbonyl (C=O) groups excluding carboxylic acids is 2. The molecular weight excluding hydrogens is 354 g/mol. The van der Waals surface area contributed by atoms with Crippen LogP contribution in [0, 0.1) is 23.5 Å². The Labute approximate surface area is 160 Å². The van der Waals surface area contributed by atoms with E-state index in [1.54, 1.807) is 34.6 Å². The summed E-state index contributed by atoms with van der Waals surface area (Å²) in [4.78, 5) is 24.3. The Morgan fingerprint density at radius 1 is 1.07 bits per heavy atom. The van der Waals surface area contributed by atoms with Crippen LogP contribution in [0.25, 0.3) is 0 Å². The lowest BCUT2D eigenvalue weighted by Crippen LogP contribution is -2.31. The molecule has 0 spiro atoms. The van der Waals surface area contributed by atoms with Crippen LogP contribution in [0.15, 0.2) is 18.2 Å². The van der Waals surface area contributed by atoms with E-state index in [1.165, 1.54) is 12.1 Å². The minimum atomic E-state index is -0.687. The van der Waals surface area contributed by atoms with Gasteiger partial charge >= 0.3 is 11.9 Å². The third-order valence-electron chi connectivity index (χ3n) is 4.14. The zero-order valence-electron chi connectivity index (χ0n) is 17.1. The molecule has 152 valence electrons. The minimum absolute atomic E-state index is 0.0473. The molecule has 0 fully saturated rings. The number of hydrogen-bond donors (Lipinski definition) is 0. The van der Waals surface area contributed by atoms with Crippen LogP contribution in [0.5, 0.6) is 0 Å². The fraction of sp³-hybridized carbons (Fsp3) is 0.619. The number of rotatable bonds is 7. The van der Waals surface area contributed by atoms with Gasteiger partial charge in [-0.05, 0) is 45.2 Å². The second-order valence-electron chi connectivity index (χ2n) is 8.27. The molecule has 0 N–H and O–H groups in total. The van der Waals surface area contributed by atoms with Gasteiger partial charge in [0.15, 0.2) is 0 Å². The summed E-state index contributed by atoms with van der Waals surface area (Å²) in [5.74, 6) is -3.54. The van der Waals surface area contributed by atoms with Gasteiger partial charge in [0.05, 0.1) is 12.3 Å². The van der Waals surface area contributed by atoms with Crippen molar-refractivity contribution in [3.8, 4) is 0 Å². The Kier molecular flexibility index (Phi) is 7.93. The Balaban J connectivity index is 2.82. The summed E-state index contributed by atoms with van der Waals surface area (Å²) < 4.78 is 38.1. The summed E-state index contributed by atoms with van der Waals surface area (Å²) in [7, 11) is 0. The lowest BCUT2D eigenvalue weighted by Gasteiger charge is -2.29. The summed E-state index contributed by atoms with van der Waals surface area (Å²) in [6.07, 6.45) is -0.737. The second-order valence-corrected chi connectivity index (χ2v) is 8.27. The highest BCUT2D eigenvalue weighted by molar-refractivity contribution is 5.80. The van der Waals surface area contributed by atoms with Gasteiger partial charge in [-0.2, -0.15) is 0 Å². The summed E-state index contributed by atoms with van der Waals surface area (Å²) in [6, 6.07) is 3.39. The Hall–Kier alpha value is -1.98. The third kappa shape index (κ3) is 7.27. The van der Waals surface area contributed by atoms with Crippen LogP contribution >= 0.6 is 0 Å². The molecule has 0 radical (unpaired) electrons. The summed E-state index contributed by atoms with van der Waals surface area (Å²) in [6.45, 7) is 12.3. The molecule has 0 aliphatic heterocycles. The molecule has 0 aliphatic carbocycles. The molecule has 0 bridgehead atoms. The number of halogens is 2. The number of ether oxygens (including phenoxy) is 2. The van der Waals surface area contributed by atoms with Crippen molar-refractivity contribution in [2.45, 2.75) is 72.5 Å². The van der Waals surface area contributed by atoms with Crippen LogP contribution < -0.4 is 0 Å². The van der Waals surface area contributed by atoms with Crippen molar-refractivity contribution < 1.29 is 27.8 Å². The maximum atomic E-state index is 14.2. The van der Waals surface area contributed by atoms with Crippen molar-refractivity contribution in [3.63, 3.8) is 0 Å². The van der Waals surface area contributed by atoms with Gasteiger partial charge in [0.1, 0.15) is 23.3 Å². The van der Waals surface area contributed by atoms with E-state index in [9.17, 15) is 18.4 Å². The van der Waals surface area contributed by atoms with Gasteiger partial charge in [0, 0.05) is 12.0 Å². The molecule has 0 saturated carbocycles. The van der Waals surface area contributed by atoms with Crippen molar-refractivity contribution in [1.29, 1.82) is 0 Å². The lowest BCUT2D eigenvalue weighted by atomic mass is 9.84. The van der Waals surface area contributed by atoms with Gasteiger partial charge in [0.2, 0.25) is 0 Å². The van der Waals surface area contributed by atoms with E-state index in [-0.39, 0.29) is 12.3 Å². The third-order valence-corrected chi connectivity index (χ3v) is 4.14. The van der Waals surface area contributed by atoms with Crippen LogP contribution in [0.3, 0.4) is 0 Å². The first-order valence-electron chi connectivity index (χ1n) is 9.19. The van der Waals surface area contributed by atoms with Gasteiger partial charge in [-0.25, -0.2) is 8.78 Å². The first-order chi connectivity index (χ1) is 12.3. The van der Waals surface area contributed by atoms with E-state index in [2.05, 4.69) is 0 Å². The zero-order valence-corrected chi connectivity index (χ0v) is 17.1. The largest absolute Gasteiger partial charge is 0.462 e. The van der Waals surface area contributed by atoms with Gasteiger partial charge in [-0.3, -0.25) is 9.59 Å². The molecule has 1 rings (SSSR count). The maximum Gasteiger partial charge on any atom is 0.309 e. The van der Waals surface area contributed by atoms with Crippen molar-refractivity contribution in [2.24, 2.45) is 11.8 Å². The molecule has 4 nitrogen and oxygen atoms in total. The normalized spacial score (nSPS) is 15.2. The summed E-state index contributed by atoms with van der Waals surface area (Å²) >= 11 is 0. The molecule has 1 aromatic carbocycles. The van der Waals surface area contributed by atoms with E-state index in [0.29, 0.717) is 5.56 Å². The Morgan fingerprint density at radius 3 is 2.15 bits per heavy atom. The van der Waals surface area contributed by atoms with Crippen LogP contribution in [-0.4, -0.2) is 23.6 Å². The predicted molar refractivity (Wildman–Crippen MR) is 99.1 cm³/mol. The average Bonchev–Trinajstić information content (AvgIpc) is 2.47. The fourth-order valence-electron chi connectivity index (χ4n) is 3.02. The number of esters is 2. The van der Waals surface area contributed by atoms with Crippen molar-refractivity contribution >= 4 is 11.9 Å². The quantitative estimate of drug-likeness (QED) is 0.621. The molecule has 0 saturated heterocycles. The molecule has 6 heteroatoms. The number of hydrogen-bond acceptors (Lipinski definition) is 4. The van der Waals surface area contributed by atoms with Gasteiger partial charge in [-0.1, -0.05) is 26.8 Å². The van der Waals surface area contributed by atoms with Crippen molar-refractivity contribution in [2.75, 3.05) is 0 Å². The van der Waals surface area contributed by atoms with E-state index in [4.69, 9.17) is 9.47 Å². The first kappa shape index (κ1) is 23.1. The first-order valence-corrected chi connectivity index (χ1v) is 9.19. The van der Waals surface area contributed by atoms with Crippen molar-refractivity contribution in [3.05, 3.63) is 35.4 Å². The number of carbonyl (C=O) groups is 2.